The third kappa shape index (κ3) is 1.58. The van der Waals surface area contributed by atoms with E-state index in [-0.39, 0.29) is 17.6 Å². The molecule has 76 valence electrons. The van der Waals surface area contributed by atoms with Crippen molar-refractivity contribution < 1.29 is 9.84 Å². The molecule has 0 bridgehead atoms. The first-order valence-corrected chi connectivity index (χ1v) is 4.60. The highest BCUT2D eigenvalue weighted by molar-refractivity contribution is 4.96. The fourth-order valence-corrected chi connectivity index (χ4v) is 1.58. The Balaban J connectivity index is 2.18. The maximum absolute atomic E-state index is 11.4. The smallest absolute Gasteiger partial charge is 0.250 e. The maximum Gasteiger partial charge on any atom is 0.250 e. The Kier molecular flexibility index (Phi) is 2.39. The fraction of sp³-hybridized carbons (Fsp3) is 0.500. The van der Waals surface area contributed by atoms with Crippen molar-refractivity contribution in [3.8, 4) is 0 Å². The molecule has 2 rings (SSSR count). The van der Waals surface area contributed by atoms with Gasteiger partial charge in [0.05, 0.1) is 25.2 Å². The molecule has 0 unspecified atom stereocenters. The Labute approximate surface area is 81.7 Å². The molecule has 14 heavy (non-hydrogen) atoms. The predicted molar refractivity (Wildman–Crippen MR) is 51.0 cm³/mol. The van der Waals surface area contributed by atoms with Gasteiger partial charge in [0.2, 0.25) is 0 Å². The molecular formula is C10H13NO3. The quantitative estimate of drug-likeness (QED) is 0.730. The Morgan fingerprint density at radius 3 is 2.79 bits per heavy atom. The van der Waals surface area contributed by atoms with Gasteiger partial charge in [-0.3, -0.25) is 4.79 Å². The predicted octanol–water partition coefficient (Wildman–Crippen LogP) is -0.143. The minimum Gasteiger partial charge on any atom is -0.396 e. The van der Waals surface area contributed by atoms with Crippen LogP contribution in [0.4, 0.5) is 0 Å². The summed E-state index contributed by atoms with van der Waals surface area (Å²) in [6.45, 7) is 1.66. The average Bonchev–Trinajstić information content (AvgIpc) is 2.14. The zero-order chi connectivity index (χ0) is 10.0. The number of rotatable bonds is 3. The first-order chi connectivity index (χ1) is 6.76. The van der Waals surface area contributed by atoms with Gasteiger partial charge in [-0.15, -0.1) is 0 Å². The molecule has 0 saturated carbocycles. The molecule has 4 nitrogen and oxygen atoms in total. The van der Waals surface area contributed by atoms with E-state index in [1.807, 2.05) is 6.07 Å². The minimum atomic E-state index is -0.245. The molecule has 0 aliphatic carbocycles. The Morgan fingerprint density at radius 2 is 2.29 bits per heavy atom. The first kappa shape index (κ1) is 9.43. The van der Waals surface area contributed by atoms with E-state index in [9.17, 15) is 9.90 Å². The summed E-state index contributed by atoms with van der Waals surface area (Å²) in [7, 11) is 0. The first-order valence-electron chi connectivity index (χ1n) is 4.60. The lowest BCUT2D eigenvalue weighted by atomic mass is 9.87. The number of hydrogen-bond donors (Lipinski definition) is 1. The van der Waals surface area contributed by atoms with Gasteiger partial charge in [-0.1, -0.05) is 6.07 Å². The Bertz CT molecular complexity index is 362. The number of aromatic nitrogens is 1. The standard InChI is InChI=1S/C10H13NO3/c12-6-10(7-14-8-10)5-11-4-2-1-3-9(11)13/h1-4,12H,5-8H2. The van der Waals surface area contributed by atoms with Crippen molar-refractivity contribution in [2.75, 3.05) is 19.8 Å². The van der Waals surface area contributed by atoms with Crippen LogP contribution in [0, 0.1) is 5.41 Å². The molecule has 1 aliphatic heterocycles. The van der Waals surface area contributed by atoms with Crippen LogP contribution in [0.2, 0.25) is 0 Å². The molecule has 1 saturated heterocycles. The molecule has 0 radical (unpaired) electrons. The molecule has 4 heteroatoms. The van der Waals surface area contributed by atoms with E-state index in [4.69, 9.17) is 4.74 Å². The monoisotopic (exact) mass is 195 g/mol. The normalized spacial score (nSPS) is 18.9. The largest absolute Gasteiger partial charge is 0.396 e. The van der Waals surface area contributed by atoms with Crippen molar-refractivity contribution in [2.45, 2.75) is 6.54 Å². The van der Waals surface area contributed by atoms with Gasteiger partial charge in [0.15, 0.2) is 0 Å². The van der Waals surface area contributed by atoms with E-state index >= 15 is 0 Å². The van der Waals surface area contributed by atoms with E-state index in [1.165, 1.54) is 6.07 Å². The Hall–Kier alpha value is -1.13. The number of aliphatic hydroxyl groups is 1. The van der Waals surface area contributed by atoms with Crippen LogP contribution in [0.5, 0.6) is 0 Å². The SMILES string of the molecule is O=c1ccccn1CC1(CO)COC1. The summed E-state index contributed by atoms with van der Waals surface area (Å²) < 4.78 is 6.68. The molecule has 0 atom stereocenters. The van der Waals surface area contributed by atoms with Gasteiger partial charge in [0, 0.05) is 18.8 Å². The number of hydrogen-bond acceptors (Lipinski definition) is 3. The lowest BCUT2D eigenvalue weighted by Gasteiger charge is -2.40. The highest BCUT2D eigenvalue weighted by Crippen LogP contribution is 2.28. The average molecular weight is 195 g/mol. The summed E-state index contributed by atoms with van der Waals surface area (Å²) in [5.41, 5.74) is -0.280. The van der Waals surface area contributed by atoms with Gasteiger partial charge < -0.3 is 14.4 Å². The number of nitrogens with zero attached hydrogens (tertiary/aromatic N) is 1. The van der Waals surface area contributed by atoms with Crippen LogP contribution in [0.15, 0.2) is 29.2 Å². The molecule has 0 amide bonds. The van der Waals surface area contributed by atoms with E-state index in [1.54, 1.807) is 16.8 Å². The Morgan fingerprint density at radius 1 is 1.50 bits per heavy atom. The number of aliphatic hydroxyl groups excluding tert-OH is 1. The van der Waals surface area contributed by atoms with Crippen molar-refractivity contribution in [3.63, 3.8) is 0 Å². The summed E-state index contributed by atoms with van der Waals surface area (Å²) >= 11 is 0. The molecule has 0 spiro atoms. The lowest BCUT2D eigenvalue weighted by molar-refractivity contribution is -0.145. The summed E-state index contributed by atoms with van der Waals surface area (Å²) in [4.78, 5) is 11.4. The van der Waals surface area contributed by atoms with Gasteiger partial charge >= 0.3 is 0 Å². The number of pyridine rings is 1. The van der Waals surface area contributed by atoms with E-state index in [0.717, 1.165) is 0 Å². The fourth-order valence-electron chi connectivity index (χ4n) is 1.58. The third-order valence-electron chi connectivity index (χ3n) is 2.56. The van der Waals surface area contributed by atoms with Crippen LogP contribution in [0.25, 0.3) is 0 Å². The molecular weight excluding hydrogens is 182 g/mol. The second-order valence-corrected chi connectivity index (χ2v) is 3.82. The van der Waals surface area contributed by atoms with Crippen molar-refractivity contribution in [2.24, 2.45) is 5.41 Å². The van der Waals surface area contributed by atoms with Gasteiger partial charge in [-0.2, -0.15) is 0 Å². The van der Waals surface area contributed by atoms with Gasteiger partial charge in [0.25, 0.3) is 5.56 Å². The van der Waals surface area contributed by atoms with Crippen LogP contribution in [-0.2, 0) is 11.3 Å². The second kappa shape index (κ2) is 3.55. The van der Waals surface area contributed by atoms with Crippen LogP contribution in [0.3, 0.4) is 0 Å². The zero-order valence-electron chi connectivity index (χ0n) is 7.85. The van der Waals surface area contributed by atoms with Gasteiger partial charge in [-0.25, -0.2) is 0 Å². The molecule has 1 aromatic heterocycles. The van der Waals surface area contributed by atoms with Crippen LogP contribution in [-0.4, -0.2) is 29.5 Å². The van der Waals surface area contributed by atoms with Crippen LogP contribution in [0.1, 0.15) is 0 Å². The summed E-state index contributed by atoms with van der Waals surface area (Å²) in [5.74, 6) is 0. The highest BCUT2D eigenvalue weighted by Gasteiger charge is 2.38. The molecule has 1 N–H and O–H groups in total. The zero-order valence-corrected chi connectivity index (χ0v) is 7.85. The van der Waals surface area contributed by atoms with Gasteiger partial charge in [0.1, 0.15) is 0 Å². The van der Waals surface area contributed by atoms with E-state index < -0.39 is 0 Å². The molecule has 0 aromatic carbocycles. The van der Waals surface area contributed by atoms with Crippen molar-refractivity contribution >= 4 is 0 Å². The topological polar surface area (TPSA) is 51.5 Å². The minimum absolute atomic E-state index is 0.0350. The summed E-state index contributed by atoms with van der Waals surface area (Å²) in [5, 5.41) is 9.19. The number of ether oxygens (including phenoxy) is 1. The van der Waals surface area contributed by atoms with Crippen LogP contribution >= 0.6 is 0 Å². The maximum atomic E-state index is 11.4. The second-order valence-electron chi connectivity index (χ2n) is 3.82. The van der Waals surface area contributed by atoms with E-state index in [2.05, 4.69) is 0 Å². The van der Waals surface area contributed by atoms with Crippen molar-refractivity contribution in [1.82, 2.24) is 4.57 Å². The molecule has 1 aliphatic rings. The lowest BCUT2D eigenvalue weighted by Crippen LogP contribution is -2.49. The third-order valence-corrected chi connectivity index (χ3v) is 2.56. The molecule has 1 aromatic rings. The van der Waals surface area contributed by atoms with Gasteiger partial charge in [-0.05, 0) is 6.07 Å². The van der Waals surface area contributed by atoms with Crippen molar-refractivity contribution in [1.29, 1.82) is 0 Å². The molecule has 2 heterocycles. The molecule has 1 fully saturated rings. The highest BCUT2D eigenvalue weighted by atomic mass is 16.5. The van der Waals surface area contributed by atoms with E-state index in [0.29, 0.717) is 19.8 Å². The van der Waals surface area contributed by atoms with Crippen molar-refractivity contribution in [3.05, 3.63) is 34.7 Å². The summed E-state index contributed by atoms with van der Waals surface area (Å²) in [6.07, 6.45) is 1.73. The van der Waals surface area contributed by atoms with Crippen LogP contribution < -0.4 is 5.56 Å². The summed E-state index contributed by atoms with van der Waals surface area (Å²) in [6, 6.07) is 5.04.